The number of ether oxygens (including phenoxy) is 1. The van der Waals surface area contributed by atoms with Crippen molar-refractivity contribution < 1.29 is 27.5 Å². The predicted molar refractivity (Wildman–Crippen MR) is 89.2 cm³/mol. The molecule has 1 N–H and O–H groups in total. The average Bonchev–Trinajstić information content (AvgIpc) is 2.66. The van der Waals surface area contributed by atoms with Crippen molar-refractivity contribution >= 4 is 17.5 Å². The second-order valence-electron chi connectivity index (χ2n) is 5.45. The van der Waals surface area contributed by atoms with Gasteiger partial charge in [-0.25, -0.2) is 13.2 Å². The van der Waals surface area contributed by atoms with Gasteiger partial charge >= 0.3 is 0 Å². The first-order valence-corrected chi connectivity index (χ1v) is 7.62. The number of nitrogens with one attached hydrogen (secondary N) is 1. The van der Waals surface area contributed by atoms with Crippen LogP contribution in [0, 0.1) is 28.8 Å². The van der Waals surface area contributed by atoms with E-state index in [4.69, 9.17) is 10.00 Å². The summed E-state index contributed by atoms with van der Waals surface area (Å²) in [6.45, 7) is -0.816. The molecule has 0 saturated carbocycles. The summed E-state index contributed by atoms with van der Waals surface area (Å²) in [5.41, 5.74) is -0.0968. The molecule has 0 fully saturated rings. The first-order valence-electron chi connectivity index (χ1n) is 7.62. The lowest BCUT2D eigenvalue weighted by molar-refractivity contribution is -0.135. The third kappa shape index (κ3) is 5.22. The van der Waals surface area contributed by atoms with Crippen molar-refractivity contribution in [2.75, 3.05) is 25.5 Å². The van der Waals surface area contributed by atoms with Crippen LogP contribution in [0.5, 0.6) is 5.75 Å². The highest BCUT2D eigenvalue weighted by Gasteiger charge is 2.18. The number of nitrogens with zero attached hydrogens (tertiary/aromatic N) is 2. The van der Waals surface area contributed by atoms with Crippen molar-refractivity contribution in [3.63, 3.8) is 0 Å². The lowest BCUT2D eigenvalue weighted by Gasteiger charge is -2.17. The van der Waals surface area contributed by atoms with Crippen LogP contribution >= 0.6 is 0 Å². The Bertz CT molecular complexity index is 895. The van der Waals surface area contributed by atoms with E-state index in [1.807, 2.05) is 6.07 Å². The topological polar surface area (TPSA) is 82.4 Å². The summed E-state index contributed by atoms with van der Waals surface area (Å²) in [5, 5.41) is 10.8. The van der Waals surface area contributed by atoms with Crippen LogP contribution in [0.25, 0.3) is 0 Å². The van der Waals surface area contributed by atoms with Crippen LogP contribution in [0.1, 0.15) is 5.56 Å². The maximum atomic E-state index is 13.5. The molecule has 0 aliphatic carbocycles. The molecule has 6 nitrogen and oxygen atoms in total. The molecule has 2 rings (SSSR count). The number of carbonyl (C=O) groups excluding carboxylic acids is 2. The van der Waals surface area contributed by atoms with Gasteiger partial charge in [0.2, 0.25) is 5.91 Å². The van der Waals surface area contributed by atoms with Crippen molar-refractivity contribution in [1.29, 1.82) is 5.26 Å². The minimum Gasteiger partial charge on any atom is -0.484 e. The summed E-state index contributed by atoms with van der Waals surface area (Å²) < 4.78 is 44.8. The molecule has 9 heteroatoms. The molecule has 0 aliphatic rings. The molecular formula is C18H14F3N3O3. The Morgan fingerprint density at radius 3 is 2.41 bits per heavy atom. The molecule has 0 atom stereocenters. The van der Waals surface area contributed by atoms with Gasteiger partial charge in [-0.3, -0.25) is 9.59 Å². The molecule has 0 bridgehead atoms. The van der Waals surface area contributed by atoms with Gasteiger partial charge < -0.3 is 15.0 Å². The zero-order valence-corrected chi connectivity index (χ0v) is 14.1. The molecule has 0 aromatic heterocycles. The molecular weight excluding hydrogens is 363 g/mol. The first kappa shape index (κ1) is 19.8. The first-order chi connectivity index (χ1) is 12.8. The Labute approximate surface area is 152 Å². The highest BCUT2D eigenvalue weighted by molar-refractivity contribution is 5.94. The largest absolute Gasteiger partial charge is 0.484 e. The number of likely N-dealkylation sites (N-methyl/N-ethyl adjacent to an activating group) is 1. The van der Waals surface area contributed by atoms with Crippen LogP contribution in [0.2, 0.25) is 0 Å². The Morgan fingerprint density at radius 1 is 1.11 bits per heavy atom. The lowest BCUT2D eigenvalue weighted by atomic mass is 10.2. The Hall–Kier alpha value is -3.54. The standard InChI is InChI=1S/C18H14F3N3O3/c1-24(16(26)10-27-12-4-2-11(8-22)3-5-12)9-15(25)23-14-7-6-13(19)17(20)18(14)21/h2-7H,9-10H2,1H3,(H,23,25). The number of rotatable bonds is 6. The third-order valence-corrected chi connectivity index (χ3v) is 3.46. The number of amides is 2. The normalized spacial score (nSPS) is 10.0. The number of hydrogen-bond acceptors (Lipinski definition) is 4. The van der Waals surface area contributed by atoms with Crippen LogP contribution in [0.4, 0.5) is 18.9 Å². The Balaban J connectivity index is 1.87. The molecule has 0 spiro atoms. The Morgan fingerprint density at radius 2 is 1.78 bits per heavy atom. The van der Waals surface area contributed by atoms with Gasteiger partial charge in [0.25, 0.3) is 5.91 Å². The zero-order valence-electron chi connectivity index (χ0n) is 14.1. The van der Waals surface area contributed by atoms with Gasteiger partial charge in [-0.05, 0) is 36.4 Å². The van der Waals surface area contributed by atoms with Crippen molar-refractivity contribution in [3.8, 4) is 11.8 Å². The van der Waals surface area contributed by atoms with Gasteiger partial charge in [-0.1, -0.05) is 0 Å². The van der Waals surface area contributed by atoms with Gasteiger partial charge in [-0.15, -0.1) is 0 Å². The summed E-state index contributed by atoms with van der Waals surface area (Å²) in [5.74, 6) is -5.58. The molecule has 2 amide bonds. The van der Waals surface area contributed by atoms with E-state index in [-0.39, 0.29) is 6.61 Å². The third-order valence-electron chi connectivity index (χ3n) is 3.46. The Kier molecular flexibility index (Phi) is 6.38. The second-order valence-corrected chi connectivity index (χ2v) is 5.45. The van der Waals surface area contributed by atoms with E-state index in [0.29, 0.717) is 17.4 Å². The van der Waals surface area contributed by atoms with Gasteiger partial charge in [0.05, 0.1) is 23.9 Å². The number of benzene rings is 2. The van der Waals surface area contributed by atoms with E-state index in [0.717, 1.165) is 11.0 Å². The van der Waals surface area contributed by atoms with Crippen molar-refractivity contribution in [1.82, 2.24) is 4.90 Å². The smallest absolute Gasteiger partial charge is 0.260 e. The average molecular weight is 377 g/mol. The quantitative estimate of drug-likeness (QED) is 0.784. The summed E-state index contributed by atoms with van der Waals surface area (Å²) in [6.07, 6.45) is 0. The number of carbonyl (C=O) groups is 2. The van der Waals surface area contributed by atoms with Gasteiger partial charge in [0, 0.05) is 7.05 Å². The second kappa shape index (κ2) is 8.71. The molecule has 0 radical (unpaired) electrons. The maximum Gasteiger partial charge on any atom is 0.260 e. The van der Waals surface area contributed by atoms with E-state index < -0.39 is 41.5 Å². The van der Waals surface area contributed by atoms with Crippen molar-refractivity contribution in [2.24, 2.45) is 0 Å². The van der Waals surface area contributed by atoms with Crippen LogP contribution < -0.4 is 10.1 Å². The summed E-state index contributed by atoms with van der Waals surface area (Å²) in [7, 11) is 1.33. The van der Waals surface area contributed by atoms with Crippen molar-refractivity contribution in [3.05, 3.63) is 59.4 Å². The van der Waals surface area contributed by atoms with E-state index in [2.05, 4.69) is 5.32 Å². The summed E-state index contributed by atoms with van der Waals surface area (Å²) in [4.78, 5) is 24.9. The van der Waals surface area contributed by atoms with E-state index in [9.17, 15) is 22.8 Å². The molecule has 0 saturated heterocycles. The van der Waals surface area contributed by atoms with Gasteiger partial charge in [0.1, 0.15) is 5.75 Å². The van der Waals surface area contributed by atoms with E-state index >= 15 is 0 Å². The van der Waals surface area contributed by atoms with Crippen LogP contribution in [0.3, 0.4) is 0 Å². The number of hydrogen-bond donors (Lipinski definition) is 1. The highest BCUT2D eigenvalue weighted by Crippen LogP contribution is 2.19. The van der Waals surface area contributed by atoms with E-state index in [1.165, 1.54) is 31.3 Å². The lowest BCUT2D eigenvalue weighted by Crippen LogP contribution is -2.37. The zero-order chi connectivity index (χ0) is 20.0. The highest BCUT2D eigenvalue weighted by atomic mass is 19.2. The van der Waals surface area contributed by atoms with Gasteiger partial charge in [0.15, 0.2) is 24.1 Å². The van der Waals surface area contributed by atoms with Crippen LogP contribution in [-0.2, 0) is 9.59 Å². The van der Waals surface area contributed by atoms with Crippen molar-refractivity contribution in [2.45, 2.75) is 0 Å². The molecule has 0 unspecified atom stereocenters. The van der Waals surface area contributed by atoms with E-state index in [1.54, 1.807) is 0 Å². The van der Waals surface area contributed by atoms with Crippen LogP contribution in [-0.4, -0.2) is 36.9 Å². The molecule has 0 aliphatic heterocycles. The summed E-state index contributed by atoms with van der Waals surface area (Å²) in [6, 6.07) is 9.57. The minimum atomic E-state index is -1.70. The fourth-order valence-corrected chi connectivity index (χ4v) is 2.00. The van der Waals surface area contributed by atoms with Crippen LogP contribution in [0.15, 0.2) is 36.4 Å². The maximum absolute atomic E-state index is 13.5. The molecule has 2 aromatic carbocycles. The monoisotopic (exact) mass is 377 g/mol. The molecule has 140 valence electrons. The number of halogens is 3. The summed E-state index contributed by atoms with van der Waals surface area (Å²) >= 11 is 0. The fraction of sp³-hybridized carbons (Fsp3) is 0.167. The molecule has 27 heavy (non-hydrogen) atoms. The number of nitriles is 1. The number of anilines is 1. The SMILES string of the molecule is CN(CC(=O)Nc1ccc(F)c(F)c1F)C(=O)COc1ccc(C#N)cc1. The minimum absolute atomic E-state index is 0.365. The molecule has 2 aromatic rings. The fourth-order valence-electron chi connectivity index (χ4n) is 2.00. The van der Waals surface area contributed by atoms with Gasteiger partial charge in [-0.2, -0.15) is 5.26 Å². The molecule has 0 heterocycles. The predicted octanol–water partition coefficient (Wildman–Crippen LogP) is 2.45.